The molecule has 0 saturated heterocycles. The fraction of sp³-hybridized carbons (Fsp3) is 0. The largest absolute Gasteiger partial charge is 0.455 e. The van der Waals surface area contributed by atoms with Crippen molar-refractivity contribution in [3.05, 3.63) is 517 Å². The first-order chi connectivity index (χ1) is 74.4. The van der Waals surface area contributed by atoms with E-state index in [4.69, 9.17) is 43.2 Å². The number of furan rings is 3. The molecule has 0 amide bonds. The SMILES string of the molecule is c1ccc(-c2ccc(-c3nc(-c4ccccc4)nc(-c4ccc(-n5c6ccccc6c6c7oc(-c8ccccc8)c(-c8ccccc8)c7ccc65)cc4)n3)cc2)cc1.c1ccc(-c2oc3c(ccc4c3c3ccccc3n4-c3cc(-c4ccncc4)cc(-c4ccncc4)n3)c2-c2ccccc2)cc1.c1ccc(-c2oc3c(ccc4c3c3ccccc3n4-c3nc(-c4ccncc4)cc(-c4ccncc4)n3)c2-c2ccccc2)cc1. The lowest BCUT2D eigenvalue weighted by Crippen LogP contribution is -2.04. The number of rotatable bonds is 17. The summed E-state index contributed by atoms with van der Waals surface area (Å²) in [4.78, 5) is 47.5. The minimum absolute atomic E-state index is 0.574. The summed E-state index contributed by atoms with van der Waals surface area (Å²) in [7, 11) is 0. The van der Waals surface area contributed by atoms with Crippen molar-refractivity contribution in [3.8, 4) is 175 Å². The topological polar surface area (TPSA) is 183 Å². The van der Waals surface area contributed by atoms with Crippen LogP contribution in [0.5, 0.6) is 0 Å². The molecule has 0 bridgehead atoms. The highest BCUT2D eigenvalue weighted by molar-refractivity contribution is 6.26. The van der Waals surface area contributed by atoms with E-state index in [-0.39, 0.29) is 0 Å². The van der Waals surface area contributed by atoms with Gasteiger partial charge in [0, 0.05) is 154 Å². The molecule has 0 atom stereocenters. The summed E-state index contributed by atoms with van der Waals surface area (Å²) in [5.41, 5.74) is 32.2. The molecule has 0 fully saturated rings. The van der Waals surface area contributed by atoms with E-state index in [2.05, 4.69) is 367 Å². The molecule has 16 heteroatoms. The van der Waals surface area contributed by atoms with Crippen LogP contribution in [0.3, 0.4) is 0 Å². The van der Waals surface area contributed by atoms with E-state index >= 15 is 0 Å². The third-order valence-corrected chi connectivity index (χ3v) is 28.0. The molecule has 0 radical (unpaired) electrons. The van der Waals surface area contributed by atoms with E-state index in [9.17, 15) is 0 Å². The molecule has 29 aromatic rings. The monoisotopic (exact) mass is 1920 g/mol. The van der Waals surface area contributed by atoms with Crippen LogP contribution in [0.4, 0.5) is 0 Å². The lowest BCUT2D eigenvalue weighted by molar-refractivity contribution is 0.635. The maximum absolute atomic E-state index is 6.98. The van der Waals surface area contributed by atoms with Crippen LogP contribution in [0.2, 0.25) is 0 Å². The zero-order valence-electron chi connectivity index (χ0n) is 80.6. The zero-order chi connectivity index (χ0) is 99.3. The summed E-state index contributed by atoms with van der Waals surface area (Å²) in [6, 6.07) is 161. The van der Waals surface area contributed by atoms with Crippen LogP contribution < -0.4 is 0 Å². The van der Waals surface area contributed by atoms with E-state index < -0.39 is 0 Å². The van der Waals surface area contributed by atoms with Crippen molar-refractivity contribution in [2.45, 2.75) is 0 Å². The maximum atomic E-state index is 6.98. The smallest absolute Gasteiger partial charge is 0.235 e. The Labute approximate surface area is 860 Å². The van der Waals surface area contributed by atoms with Gasteiger partial charge in [-0.25, -0.2) is 29.9 Å². The van der Waals surface area contributed by atoms with E-state index in [1.54, 1.807) is 37.2 Å². The lowest BCUT2D eigenvalue weighted by Gasteiger charge is -2.12. The molecule has 0 aliphatic rings. The molecule has 704 valence electrons. The molecule has 0 aliphatic carbocycles. The Morgan fingerprint density at radius 1 is 0.167 bits per heavy atom. The highest BCUT2D eigenvalue weighted by Gasteiger charge is 2.30. The molecule has 150 heavy (non-hydrogen) atoms. The van der Waals surface area contributed by atoms with Crippen molar-refractivity contribution in [1.82, 2.24) is 63.5 Å². The predicted molar refractivity (Wildman–Crippen MR) is 606 cm³/mol. The van der Waals surface area contributed by atoms with Crippen molar-refractivity contribution < 1.29 is 13.3 Å². The quantitative estimate of drug-likeness (QED) is 0.0840. The van der Waals surface area contributed by atoms with Crippen LogP contribution in [0.15, 0.2) is 530 Å². The summed E-state index contributed by atoms with van der Waals surface area (Å²) in [6.45, 7) is 0. The number of benzene rings is 16. The number of fused-ring (bicyclic) bond motifs is 15. The van der Waals surface area contributed by atoms with Gasteiger partial charge in [0.15, 0.2) is 17.5 Å². The van der Waals surface area contributed by atoms with Gasteiger partial charge in [-0.05, 0) is 185 Å². The van der Waals surface area contributed by atoms with Crippen LogP contribution in [-0.2, 0) is 0 Å². The van der Waals surface area contributed by atoms with Crippen LogP contribution in [0.25, 0.3) is 273 Å². The van der Waals surface area contributed by atoms with Gasteiger partial charge in [0.05, 0.1) is 66.3 Å². The second-order valence-electron chi connectivity index (χ2n) is 36.8. The summed E-state index contributed by atoms with van der Waals surface area (Å²) in [6.07, 6.45) is 14.4. The average Bonchev–Trinajstić information content (AvgIpc) is 1.56. The highest BCUT2D eigenvalue weighted by atomic mass is 16.3. The minimum atomic E-state index is 0.574. The second-order valence-corrected chi connectivity index (χ2v) is 36.8. The van der Waals surface area contributed by atoms with Crippen LogP contribution >= 0.6 is 0 Å². The van der Waals surface area contributed by atoms with E-state index in [1.165, 1.54) is 5.56 Å². The summed E-state index contributed by atoms with van der Waals surface area (Å²) < 4.78 is 27.6. The van der Waals surface area contributed by atoms with Crippen molar-refractivity contribution in [2.24, 2.45) is 0 Å². The third-order valence-electron chi connectivity index (χ3n) is 28.0. The maximum Gasteiger partial charge on any atom is 0.235 e. The first-order valence-corrected chi connectivity index (χ1v) is 49.8. The Kier molecular flexibility index (Phi) is 22.5. The first-order valence-electron chi connectivity index (χ1n) is 49.8. The first kappa shape index (κ1) is 88.3. The molecule has 0 N–H and O–H groups in total. The number of hydrogen-bond donors (Lipinski definition) is 0. The van der Waals surface area contributed by atoms with Crippen LogP contribution in [0, 0.1) is 0 Å². The molecule has 13 heterocycles. The van der Waals surface area contributed by atoms with Gasteiger partial charge in [0.1, 0.15) is 39.8 Å². The number of hydrogen-bond acceptors (Lipinski definition) is 13. The second kappa shape index (κ2) is 38.2. The highest BCUT2D eigenvalue weighted by Crippen LogP contribution is 2.52. The molecular weight excluding hydrogens is 1840 g/mol. The number of para-hydroxylation sites is 3. The van der Waals surface area contributed by atoms with Gasteiger partial charge in [-0.1, -0.05) is 322 Å². The molecule has 13 aromatic heterocycles. The molecule has 0 spiro atoms. The number of pyridine rings is 5. The third kappa shape index (κ3) is 16.1. The average molecular weight is 1930 g/mol. The number of aromatic nitrogens is 13. The Hall–Kier alpha value is -20.6. The molecule has 29 rings (SSSR count). The molecule has 16 nitrogen and oxygen atoms in total. The summed E-state index contributed by atoms with van der Waals surface area (Å²) in [5.74, 6) is 5.85. The minimum Gasteiger partial charge on any atom is -0.455 e. The molecule has 0 aliphatic heterocycles. The molecule has 16 aromatic carbocycles. The van der Waals surface area contributed by atoms with Gasteiger partial charge in [0.25, 0.3) is 0 Å². The zero-order valence-corrected chi connectivity index (χ0v) is 80.6. The Morgan fingerprint density at radius 2 is 0.440 bits per heavy atom. The normalized spacial score (nSPS) is 11.5. The molecule has 0 unspecified atom stereocenters. The standard InChI is InChI=1S/C53H34N4O.C41H26N4O.C40H25N5O/c1-5-15-35(16-6-1)36-25-27-40(28-26-36)52-54-51(39-21-11-4-12-22-39)55-53(56-52)41-29-31-42(32-30-41)57-45-24-14-13-23-43(45)48-46(57)34-33-44-47(37-17-7-2-8-18-37)49(58-50(44)48)38-19-9-3-10-20-38;1-3-9-29(10-4-1)38-33-15-16-36-39(41(33)46-40(38)30-11-5-2-6-12-30)32-13-7-8-14-35(32)45(36)37-26-31(27-17-21-42-22-18-27)25-34(44-37)28-19-23-43-24-20-28;1-3-9-28(10-4-1)36-31-15-16-35-37(39(31)46-38(36)29-11-5-2-6-12-29)30-13-7-8-14-34(30)45(35)40-43-32(26-17-21-41-22-18-26)25-33(44-40)27-19-23-42-24-20-27/h1-34H;1-26H;1-25H. The van der Waals surface area contributed by atoms with Crippen molar-refractivity contribution in [3.63, 3.8) is 0 Å². The fourth-order valence-electron chi connectivity index (χ4n) is 21.1. The van der Waals surface area contributed by atoms with Crippen molar-refractivity contribution in [1.29, 1.82) is 0 Å². The fourth-order valence-corrected chi connectivity index (χ4v) is 21.1. The predicted octanol–water partition coefficient (Wildman–Crippen LogP) is 33.9. The Bertz CT molecular complexity index is 9590. The van der Waals surface area contributed by atoms with Gasteiger partial charge in [-0.2, -0.15) is 0 Å². The van der Waals surface area contributed by atoms with E-state index in [0.717, 1.165) is 244 Å². The van der Waals surface area contributed by atoms with Gasteiger partial charge < -0.3 is 17.8 Å². The van der Waals surface area contributed by atoms with Crippen molar-refractivity contribution in [2.75, 3.05) is 0 Å². The van der Waals surface area contributed by atoms with E-state index in [1.807, 2.05) is 146 Å². The lowest BCUT2D eigenvalue weighted by atomic mass is 9.98. The summed E-state index contributed by atoms with van der Waals surface area (Å²) >= 11 is 0. The molecular formula is C134H85N13O3. The Morgan fingerprint density at radius 3 is 0.820 bits per heavy atom. The van der Waals surface area contributed by atoms with Crippen LogP contribution in [-0.4, -0.2) is 63.5 Å². The van der Waals surface area contributed by atoms with Gasteiger partial charge in [-0.3, -0.25) is 29.1 Å². The van der Waals surface area contributed by atoms with E-state index in [0.29, 0.717) is 23.4 Å². The summed E-state index contributed by atoms with van der Waals surface area (Å²) in [5, 5.41) is 9.71. The Balaban J connectivity index is 0.000000112. The van der Waals surface area contributed by atoms with Crippen LogP contribution in [0.1, 0.15) is 0 Å². The van der Waals surface area contributed by atoms with Gasteiger partial charge >= 0.3 is 0 Å². The van der Waals surface area contributed by atoms with Gasteiger partial charge in [0.2, 0.25) is 5.95 Å². The molecule has 0 saturated carbocycles. The van der Waals surface area contributed by atoms with Crippen molar-refractivity contribution >= 4 is 98.3 Å². The van der Waals surface area contributed by atoms with Gasteiger partial charge in [-0.15, -0.1) is 0 Å². The number of nitrogens with zero attached hydrogens (tertiary/aromatic N) is 13.